The molecule has 0 unspecified atom stereocenters. The molecular formula is C23H24N2O5. The normalized spacial score (nSPS) is 10.7. The Morgan fingerprint density at radius 2 is 1.77 bits per heavy atom. The molecule has 0 aliphatic heterocycles. The predicted molar refractivity (Wildman–Crippen MR) is 114 cm³/mol. The number of hydrogen-bond acceptors (Lipinski definition) is 6. The summed E-state index contributed by atoms with van der Waals surface area (Å²) in [6.07, 6.45) is 0. The van der Waals surface area contributed by atoms with Crippen LogP contribution in [0.5, 0.6) is 11.5 Å². The van der Waals surface area contributed by atoms with Crippen molar-refractivity contribution in [3.05, 3.63) is 59.8 Å². The van der Waals surface area contributed by atoms with E-state index in [4.69, 9.17) is 14.2 Å². The van der Waals surface area contributed by atoms with Gasteiger partial charge in [0.2, 0.25) is 0 Å². The van der Waals surface area contributed by atoms with Crippen LogP contribution in [-0.2, 0) is 9.53 Å². The third-order valence-electron chi connectivity index (χ3n) is 4.59. The number of rotatable bonds is 7. The number of hydrogen-bond donors (Lipinski definition) is 1. The second-order valence-electron chi connectivity index (χ2n) is 6.99. The number of amides is 1. The highest BCUT2D eigenvalue weighted by Gasteiger charge is 2.15. The quantitative estimate of drug-likeness (QED) is 0.591. The minimum Gasteiger partial charge on any atom is -0.497 e. The molecule has 0 bridgehead atoms. The van der Waals surface area contributed by atoms with E-state index in [9.17, 15) is 9.59 Å². The molecule has 2 aromatic carbocycles. The largest absolute Gasteiger partial charge is 0.497 e. The highest BCUT2D eigenvalue weighted by atomic mass is 16.5. The lowest BCUT2D eigenvalue weighted by Gasteiger charge is -2.12. The smallest absolute Gasteiger partial charge is 0.356 e. The maximum absolute atomic E-state index is 12.4. The lowest BCUT2D eigenvalue weighted by Crippen LogP contribution is -2.20. The van der Waals surface area contributed by atoms with Crippen molar-refractivity contribution in [3.63, 3.8) is 0 Å². The fraction of sp³-hybridized carbons (Fsp3) is 0.261. The summed E-state index contributed by atoms with van der Waals surface area (Å²) in [4.78, 5) is 28.6. The SMILES string of the molecule is COC(=O)c1cc(OCC(=O)Nc2ccc(C(C)C)cc2)c2cc(OC)ccc2n1. The second kappa shape index (κ2) is 9.26. The van der Waals surface area contributed by atoms with Crippen LogP contribution in [0.4, 0.5) is 5.69 Å². The van der Waals surface area contributed by atoms with Crippen LogP contribution in [0.1, 0.15) is 35.8 Å². The number of nitrogens with one attached hydrogen (secondary N) is 1. The molecule has 3 aromatic rings. The zero-order chi connectivity index (χ0) is 21.7. The Bertz CT molecular complexity index is 1060. The molecule has 0 saturated carbocycles. The number of benzene rings is 2. The number of pyridine rings is 1. The number of anilines is 1. The minimum atomic E-state index is -0.590. The first-order chi connectivity index (χ1) is 14.4. The van der Waals surface area contributed by atoms with Crippen molar-refractivity contribution in [1.29, 1.82) is 0 Å². The molecule has 3 rings (SSSR count). The van der Waals surface area contributed by atoms with E-state index in [2.05, 4.69) is 24.1 Å². The Morgan fingerprint density at radius 3 is 2.40 bits per heavy atom. The predicted octanol–water partition coefficient (Wildman–Crippen LogP) is 4.17. The van der Waals surface area contributed by atoms with Gasteiger partial charge in [-0.15, -0.1) is 0 Å². The van der Waals surface area contributed by atoms with Gasteiger partial charge in [-0.2, -0.15) is 0 Å². The van der Waals surface area contributed by atoms with E-state index in [0.717, 1.165) is 0 Å². The first kappa shape index (κ1) is 21.1. The van der Waals surface area contributed by atoms with Gasteiger partial charge in [0.1, 0.15) is 11.5 Å². The fourth-order valence-corrected chi connectivity index (χ4v) is 2.92. The van der Waals surface area contributed by atoms with Gasteiger partial charge in [0, 0.05) is 17.1 Å². The molecule has 0 aliphatic rings. The van der Waals surface area contributed by atoms with Gasteiger partial charge >= 0.3 is 5.97 Å². The molecule has 1 heterocycles. The molecule has 1 aromatic heterocycles. The summed E-state index contributed by atoms with van der Waals surface area (Å²) in [5, 5.41) is 3.42. The highest BCUT2D eigenvalue weighted by molar-refractivity contribution is 5.95. The molecule has 7 nitrogen and oxygen atoms in total. The number of carbonyl (C=O) groups excluding carboxylic acids is 2. The van der Waals surface area contributed by atoms with Crippen LogP contribution in [-0.4, -0.2) is 37.7 Å². The topological polar surface area (TPSA) is 86.8 Å². The molecule has 0 fully saturated rings. The molecule has 0 saturated heterocycles. The molecule has 1 amide bonds. The van der Waals surface area contributed by atoms with Crippen LogP contribution >= 0.6 is 0 Å². The first-order valence-corrected chi connectivity index (χ1v) is 9.51. The van der Waals surface area contributed by atoms with Crippen molar-refractivity contribution >= 4 is 28.5 Å². The van der Waals surface area contributed by atoms with Crippen molar-refractivity contribution in [3.8, 4) is 11.5 Å². The van der Waals surface area contributed by atoms with E-state index in [1.165, 1.54) is 18.7 Å². The summed E-state index contributed by atoms with van der Waals surface area (Å²) < 4.78 is 15.7. The van der Waals surface area contributed by atoms with Crippen LogP contribution in [0, 0.1) is 0 Å². The Kier molecular flexibility index (Phi) is 6.51. The maximum atomic E-state index is 12.4. The summed E-state index contributed by atoms with van der Waals surface area (Å²) >= 11 is 0. The molecule has 0 spiro atoms. The Labute approximate surface area is 175 Å². The van der Waals surface area contributed by atoms with Gasteiger partial charge in [-0.25, -0.2) is 9.78 Å². The van der Waals surface area contributed by atoms with E-state index in [0.29, 0.717) is 34.0 Å². The zero-order valence-electron chi connectivity index (χ0n) is 17.4. The minimum absolute atomic E-state index is 0.0925. The van der Waals surface area contributed by atoms with Crippen molar-refractivity contribution < 1.29 is 23.8 Å². The van der Waals surface area contributed by atoms with Gasteiger partial charge in [-0.1, -0.05) is 26.0 Å². The van der Waals surface area contributed by atoms with E-state index in [1.54, 1.807) is 25.3 Å². The average Bonchev–Trinajstić information content (AvgIpc) is 2.76. The lowest BCUT2D eigenvalue weighted by molar-refractivity contribution is -0.118. The standard InChI is InChI=1S/C23H24N2O5/c1-14(2)15-5-7-16(8-6-15)24-22(26)13-30-21-12-20(23(27)29-4)25-19-10-9-17(28-3)11-18(19)21/h5-12,14H,13H2,1-4H3,(H,24,26). The molecule has 1 N–H and O–H groups in total. The van der Waals surface area contributed by atoms with Crippen LogP contribution in [0.15, 0.2) is 48.5 Å². The number of carbonyl (C=O) groups is 2. The van der Waals surface area contributed by atoms with Gasteiger partial charge in [-0.3, -0.25) is 4.79 Å². The van der Waals surface area contributed by atoms with Crippen molar-refractivity contribution in [1.82, 2.24) is 4.98 Å². The van der Waals surface area contributed by atoms with E-state index < -0.39 is 5.97 Å². The van der Waals surface area contributed by atoms with E-state index in [-0.39, 0.29) is 18.2 Å². The molecule has 0 radical (unpaired) electrons. The molecule has 7 heteroatoms. The molecule has 156 valence electrons. The molecule has 0 aliphatic carbocycles. The number of ether oxygens (including phenoxy) is 3. The Balaban J connectivity index is 1.79. The number of esters is 1. The second-order valence-corrected chi connectivity index (χ2v) is 6.99. The number of fused-ring (bicyclic) bond motifs is 1. The zero-order valence-corrected chi connectivity index (χ0v) is 17.4. The van der Waals surface area contributed by atoms with Crippen molar-refractivity contribution in [2.45, 2.75) is 19.8 Å². The number of aromatic nitrogens is 1. The average molecular weight is 408 g/mol. The third kappa shape index (κ3) is 4.86. The number of nitrogens with zero attached hydrogens (tertiary/aromatic N) is 1. The van der Waals surface area contributed by atoms with Crippen LogP contribution < -0.4 is 14.8 Å². The lowest BCUT2D eigenvalue weighted by atomic mass is 10.0. The maximum Gasteiger partial charge on any atom is 0.356 e. The Morgan fingerprint density at radius 1 is 1.03 bits per heavy atom. The summed E-state index contributed by atoms with van der Waals surface area (Å²) in [6, 6.07) is 14.3. The van der Waals surface area contributed by atoms with Crippen LogP contribution in [0.3, 0.4) is 0 Å². The van der Waals surface area contributed by atoms with E-state index >= 15 is 0 Å². The van der Waals surface area contributed by atoms with Crippen LogP contribution in [0.25, 0.3) is 10.9 Å². The third-order valence-corrected chi connectivity index (χ3v) is 4.59. The van der Waals surface area contributed by atoms with Gasteiger partial charge in [0.05, 0.1) is 19.7 Å². The molecule has 0 atom stereocenters. The molecule has 30 heavy (non-hydrogen) atoms. The van der Waals surface area contributed by atoms with Crippen molar-refractivity contribution in [2.75, 3.05) is 26.1 Å². The fourth-order valence-electron chi connectivity index (χ4n) is 2.92. The van der Waals surface area contributed by atoms with Gasteiger partial charge < -0.3 is 19.5 Å². The van der Waals surface area contributed by atoms with Gasteiger partial charge in [0.25, 0.3) is 5.91 Å². The van der Waals surface area contributed by atoms with Gasteiger partial charge in [0.15, 0.2) is 12.3 Å². The first-order valence-electron chi connectivity index (χ1n) is 9.51. The van der Waals surface area contributed by atoms with E-state index in [1.807, 2.05) is 24.3 Å². The summed E-state index contributed by atoms with van der Waals surface area (Å²) in [6.45, 7) is 3.99. The van der Waals surface area contributed by atoms with Crippen molar-refractivity contribution in [2.24, 2.45) is 0 Å². The summed E-state index contributed by atoms with van der Waals surface area (Å²) in [5.74, 6) is 0.449. The highest BCUT2D eigenvalue weighted by Crippen LogP contribution is 2.29. The Hall–Kier alpha value is -3.61. The van der Waals surface area contributed by atoms with Crippen LogP contribution in [0.2, 0.25) is 0 Å². The summed E-state index contributed by atoms with van der Waals surface area (Å²) in [7, 11) is 2.83. The number of methoxy groups -OCH3 is 2. The van der Waals surface area contributed by atoms with Gasteiger partial charge in [-0.05, 0) is 41.8 Å². The summed E-state index contributed by atoms with van der Waals surface area (Å²) in [5.41, 5.74) is 2.49. The molecular weight excluding hydrogens is 384 g/mol. The monoisotopic (exact) mass is 408 g/mol.